The summed E-state index contributed by atoms with van der Waals surface area (Å²) in [5.74, 6) is 0. The maximum absolute atomic E-state index is 6.18. The van der Waals surface area contributed by atoms with Gasteiger partial charge in [0.05, 0.1) is 0 Å². The summed E-state index contributed by atoms with van der Waals surface area (Å²) in [6.45, 7) is 13.7. The maximum Gasteiger partial charge on any atom is 0.192 e. The van der Waals surface area contributed by atoms with Crippen LogP contribution < -0.4 is 0 Å². The van der Waals surface area contributed by atoms with Gasteiger partial charge in [0, 0.05) is 10.5 Å². The van der Waals surface area contributed by atoms with Crippen LogP contribution in [0.15, 0.2) is 0 Å². The van der Waals surface area contributed by atoms with Crippen LogP contribution in [-0.2, 0) is 4.43 Å². The third-order valence-electron chi connectivity index (χ3n) is 2.82. The molecule has 0 N–H and O–H groups in total. The minimum Gasteiger partial charge on any atom is -0.414 e. The van der Waals surface area contributed by atoms with E-state index in [0.717, 1.165) is 0 Å². The molecule has 0 aromatic rings. The van der Waals surface area contributed by atoms with Crippen LogP contribution in [0, 0.1) is 0 Å². The van der Waals surface area contributed by atoms with Crippen molar-refractivity contribution in [2.75, 3.05) is 4.43 Å². The topological polar surface area (TPSA) is 9.23 Å². The molecule has 0 saturated carbocycles. The minimum absolute atomic E-state index is 0.340. The summed E-state index contributed by atoms with van der Waals surface area (Å²) >= 11 is 2.41. The zero-order valence-electron chi connectivity index (χ0n) is 9.78. The predicted octanol–water partition coefficient (Wildman–Crippen LogP) is 4.22. The van der Waals surface area contributed by atoms with Crippen molar-refractivity contribution in [2.45, 2.75) is 58.4 Å². The van der Waals surface area contributed by atoms with Crippen molar-refractivity contribution in [3.05, 3.63) is 0 Å². The van der Waals surface area contributed by atoms with E-state index in [2.05, 4.69) is 63.4 Å². The van der Waals surface area contributed by atoms with Gasteiger partial charge >= 0.3 is 0 Å². The molecule has 0 aromatic heterocycles. The van der Waals surface area contributed by atoms with Crippen LogP contribution in [0.2, 0.25) is 18.1 Å². The van der Waals surface area contributed by atoms with Gasteiger partial charge in [-0.1, -0.05) is 43.4 Å². The summed E-state index contributed by atoms with van der Waals surface area (Å²) in [6.07, 6.45) is 1.60. The van der Waals surface area contributed by atoms with E-state index in [0.29, 0.717) is 11.1 Å². The van der Waals surface area contributed by atoms with E-state index >= 15 is 0 Å². The summed E-state index contributed by atoms with van der Waals surface area (Å²) in [7, 11) is -1.51. The van der Waals surface area contributed by atoms with Gasteiger partial charge in [-0.2, -0.15) is 0 Å². The molecule has 0 amide bonds. The molecule has 0 radical (unpaired) electrons. The largest absolute Gasteiger partial charge is 0.414 e. The predicted molar refractivity (Wildman–Crippen MR) is 71.2 cm³/mol. The Hall–Kier alpha value is 0.907. The van der Waals surface area contributed by atoms with Crippen LogP contribution in [0.4, 0.5) is 0 Å². The van der Waals surface area contributed by atoms with Crippen molar-refractivity contribution in [3.8, 4) is 0 Å². The Morgan fingerprint density at radius 2 is 1.77 bits per heavy atom. The molecule has 0 bridgehead atoms. The molecule has 13 heavy (non-hydrogen) atoms. The molecule has 0 aliphatic rings. The first-order valence-electron chi connectivity index (χ1n) is 4.94. The van der Waals surface area contributed by atoms with Gasteiger partial charge < -0.3 is 4.43 Å². The van der Waals surface area contributed by atoms with Crippen molar-refractivity contribution >= 4 is 30.9 Å². The summed E-state index contributed by atoms with van der Waals surface area (Å²) < 4.78 is 7.36. The average Bonchev–Trinajstić information content (AvgIpc) is 1.83. The summed E-state index contributed by atoms with van der Waals surface area (Å²) in [6, 6.07) is 0. The van der Waals surface area contributed by atoms with E-state index in [1.54, 1.807) is 0 Å². The fraction of sp³-hybridized carbons (Fsp3) is 1.00. The number of halogens is 1. The van der Waals surface area contributed by atoms with Crippen LogP contribution in [0.1, 0.15) is 34.1 Å². The van der Waals surface area contributed by atoms with Crippen molar-refractivity contribution in [3.63, 3.8) is 0 Å². The highest BCUT2D eigenvalue weighted by Gasteiger charge is 2.38. The fourth-order valence-electron chi connectivity index (χ4n) is 0.892. The fourth-order valence-corrected chi connectivity index (χ4v) is 3.25. The van der Waals surface area contributed by atoms with Gasteiger partial charge in [-0.05, 0) is 31.5 Å². The van der Waals surface area contributed by atoms with Crippen LogP contribution in [-0.4, -0.2) is 18.8 Å². The lowest BCUT2D eigenvalue weighted by Crippen LogP contribution is -2.43. The Bertz CT molecular complexity index is 151. The Morgan fingerprint density at radius 1 is 1.31 bits per heavy atom. The molecule has 3 heteroatoms. The first-order chi connectivity index (χ1) is 5.70. The quantitative estimate of drug-likeness (QED) is 0.429. The molecule has 0 rings (SSSR count). The highest BCUT2D eigenvalue weighted by atomic mass is 127. The Labute approximate surface area is 97.9 Å². The number of alkyl halides is 1. The molecule has 1 nitrogen and oxygen atoms in total. The summed E-state index contributed by atoms with van der Waals surface area (Å²) in [4.78, 5) is 0. The lowest BCUT2D eigenvalue weighted by Gasteiger charge is -2.38. The van der Waals surface area contributed by atoms with E-state index in [9.17, 15) is 0 Å². The molecule has 80 valence electrons. The molecule has 0 heterocycles. The second kappa shape index (κ2) is 5.12. The molecule has 0 aliphatic carbocycles. The van der Waals surface area contributed by atoms with E-state index in [-0.39, 0.29) is 0 Å². The highest BCUT2D eigenvalue weighted by Crippen LogP contribution is 2.37. The van der Waals surface area contributed by atoms with E-state index < -0.39 is 8.32 Å². The molecule has 0 aromatic carbocycles. The average molecular weight is 314 g/mol. The van der Waals surface area contributed by atoms with Crippen LogP contribution in [0.25, 0.3) is 0 Å². The third kappa shape index (κ3) is 4.79. The van der Waals surface area contributed by atoms with Gasteiger partial charge in [0.2, 0.25) is 0 Å². The highest BCUT2D eigenvalue weighted by molar-refractivity contribution is 14.1. The first-order valence-corrected chi connectivity index (χ1v) is 9.38. The van der Waals surface area contributed by atoms with Gasteiger partial charge in [-0.25, -0.2) is 0 Å². The van der Waals surface area contributed by atoms with Gasteiger partial charge in [0.25, 0.3) is 0 Å². The Balaban J connectivity index is 4.17. The lowest BCUT2D eigenvalue weighted by molar-refractivity contribution is 0.197. The second-order valence-electron chi connectivity index (χ2n) is 5.17. The second-order valence-corrected chi connectivity index (χ2v) is 11.0. The normalized spacial score (nSPS) is 15.9. The van der Waals surface area contributed by atoms with Crippen LogP contribution in [0.5, 0.6) is 0 Å². The van der Waals surface area contributed by atoms with Crippen molar-refractivity contribution in [1.29, 1.82) is 0 Å². The molecular formula is C10H23IOSi. The third-order valence-corrected chi connectivity index (χ3v) is 8.04. The molecule has 0 fully saturated rings. The monoisotopic (exact) mass is 314 g/mol. The smallest absolute Gasteiger partial charge is 0.192 e. The molecule has 0 unspecified atom stereocenters. The van der Waals surface area contributed by atoms with E-state index in [1.165, 1.54) is 10.8 Å². The van der Waals surface area contributed by atoms with Crippen molar-refractivity contribution < 1.29 is 4.43 Å². The molecule has 0 spiro atoms. The lowest BCUT2D eigenvalue weighted by atomic mass is 10.2. The summed E-state index contributed by atoms with van der Waals surface area (Å²) in [5, 5.41) is 0.340. The van der Waals surface area contributed by atoms with Crippen molar-refractivity contribution in [2.24, 2.45) is 0 Å². The number of hydrogen-bond acceptors (Lipinski definition) is 1. The SMILES string of the molecule is C[C@@H](CCI)O[Si](C)(C)C(C)(C)C. The zero-order chi connectivity index (χ0) is 10.7. The van der Waals surface area contributed by atoms with Crippen LogP contribution in [0.3, 0.4) is 0 Å². The molecule has 0 saturated heterocycles. The number of rotatable bonds is 4. The van der Waals surface area contributed by atoms with E-state index in [4.69, 9.17) is 4.43 Å². The Morgan fingerprint density at radius 3 is 2.08 bits per heavy atom. The maximum atomic E-state index is 6.18. The molecule has 1 atom stereocenters. The standard InChI is InChI=1S/C10H23IOSi/c1-9(7-8-11)12-13(5,6)10(2,3)4/h9H,7-8H2,1-6H3/t9-/m0/s1. The van der Waals surface area contributed by atoms with Gasteiger partial charge in [0.1, 0.15) is 0 Å². The summed E-state index contributed by atoms with van der Waals surface area (Å²) in [5.41, 5.74) is 0. The van der Waals surface area contributed by atoms with Gasteiger partial charge in [0.15, 0.2) is 8.32 Å². The van der Waals surface area contributed by atoms with Gasteiger partial charge in [-0.3, -0.25) is 0 Å². The van der Waals surface area contributed by atoms with Crippen LogP contribution >= 0.6 is 22.6 Å². The first kappa shape index (κ1) is 13.9. The zero-order valence-corrected chi connectivity index (χ0v) is 12.9. The minimum atomic E-state index is -1.51. The molecule has 0 aliphatic heterocycles. The van der Waals surface area contributed by atoms with E-state index in [1.807, 2.05) is 0 Å². The van der Waals surface area contributed by atoms with Crippen molar-refractivity contribution in [1.82, 2.24) is 0 Å². The number of hydrogen-bond donors (Lipinski definition) is 0. The van der Waals surface area contributed by atoms with Gasteiger partial charge in [-0.15, -0.1) is 0 Å². The molecular weight excluding hydrogens is 291 g/mol. The Kier molecular flexibility index (Phi) is 5.48.